The molecule has 4 aromatic rings. The minimum absolute atomic E-state index is 0.258. The van der Waals surface area contributed by atoms with Gasteiger partial charge in [0.15, 0.2) is 0 Å². The molecule has 6 rings (SSSR count). The van der Waals surface area contributed by atoms with E-state index in [1.807, 2.05) is 42.6 Å². The summed E-state index contributed by atoms with van der Waals surface area (Å²) in [4.78, 5) is 22.0. The van der Waals surface area contributed by atoms with E-state index in [1.54, 1.807) is 23.1 Å². The summed E-state index contributed by atoms with van der Waals surface area (Å²) in [6.45, 7) is 5.30. The van der Waals surface area contributed by atoms with Crippen molar-refractivity contribution in [2.24, 2.45) is 5.92 Å². The van der Waals surface area contributed by atoms with Crippen LogP contribution in [0.2, 0.25) is 15.1 Å². The van der Waals surface area contributed by atoms with E-state index in [-0.39, 0.29) is 11.9 Å². The maximum atomic E-state index is 13.4. The second-order valence-electron chi connectivity index (χ2n) is 10.2. The van der Waals surface area contributed by atoms with Crippen LogP contribution in [0.1, 0.15) is 29.7 Å². The lowest BCUT2D eigenvalue weighted by molar-refractivity contribution is 0.247. The van der Waals surface area contributed by atoms with E-state index < -0.39 is 0 Å². The molecule has 2 aliphatic heterocycles. The van der Waals surface area contributed by atoms with Crippen LogP contribution in [0.25, 0.3) is 11.1 Å². The number of amides is 2. The van der Waals surface area contributed by atoms with Gasteiger partial charge in [-0.1, -0.05) is 78.1 Å². The largest absolute Gasteiger partial charge is 0.333 e. The zero-order valence-electron chi connectivity index (χ0n) is 21.4. The number of carbonyl (C=O) groups is 1. The molecule has 0 spiro atoms. The number of likely N-dealkylation sites (tertiary alicyclic amines) is 1. The molecule has 2 atom stereocenters. The molecule has 0 radical (unpaired) electrons. The van der Waals surface area contributed by atoms with Crippen molar-refractivity contribution in [1.82, 2.24) is 15.2 Å². The Balaban J connectivity index is 1.49. The molecule has 0 bridgehead atoms. The SMILES string of the molecule is C[C@H]1CN(Cc2ccccn2)CC1c1cc(-c2ccccc2Cl)c2c(c1)N(c1c(Cl)cccc1Cl)C(=O)NC2. The van der Waals surface area contributed by atoms with E-state index in [4.69, 9.17) is 34.8 Å². The fourth-order valence-electron chi connectivity index (χ4n) is 5.83. The summed E-state index contributed by atoms with van der Waals surface area (Å²) < 4.78 is 0. The first kappa shape index (κ1) is 26.1. The Morgan fingerprint density at radius 2 is 1.64 bits per heavy atom. The number of benzene rings is 3. The molecule has 0 saturated carbocycles. The summed E-state index contributed by atoms with van der Waals surface area (Å²) in [5.41, 5.74) is 6.35. The fourth-order valence-corrected chi connectivity index (χ4v) is 6.63. The minimum atomic E-state index is -0.268. The van der Waals surface area contributed by atoms with E-state index in [2.05, 4.69) is 40.3 Å². The standard InChI is InChI=1S/C31H27Cl3N4O/c1-19-16-37(17-21-7-4-5-12-35-21)18-25(19)20-13-23(22-8-2-3-9-26(22)32)24-15-36-31(39)38(29(24)14-20)30-27(33)10-6-11-28(30)34/h2-14,19,25H,15-18H2,1H3,(H,36,39)/t19-,25?/m0/s1. The highest BCUT2D eigenvalue weighted by molar-refractivity contribution is 6.40. The first-order valence-electron chi connectivity index (χ1n) is 13.0. The number of rotatable bonds is 5. The number of hydrogen-bond donors (Lipinski definition) is 1. The molecule has 3 aromatic carbocycles. The van der Waals surface area contributed by atoms with Gasteiger partial charge in [-0.3, -0.25) is 14.8 Å². The van der Waals surface area contributed by atoms with Crippen LogP contribution < -0.4 is 10.2 Å². The predicted molar refractivity (Wildman–Crippen MR) is 159 cm³/mol. The number of urea groups is 1. The Morgan fingerprint density at radius 3 is 2.38 bits per heavy atom. The van der Waals surface area contributed by atoms with Gasteiger partial charge in [0.2, 0.25) is 0 Å². The number of anilines is 2. The van der Waals surface area contributed by atoms with E-state index in [0.29, 0.717) is 33.2 Å². The number of nitrogens with one attached hydrogen (secondary N) is 1. The molecule has 1 unspecified atom stereocenters. The molecule has 0 aliphatic carbocycles. The zero-order valence-corrected chi connectivity index (χ0v) is 23.6. The molecule has 3 heterocycles. The monoisotopic (exact) mass is 576 g/mol. The number of pyridine rings is 1. The van der Waals surface area contributed by atoms with Crippen LogP contribution in [0.3, 0.4) is 0 Å². The summed E-state index contributed by atoms with van der Waals surface area (Å²) in [7, 11) is 0. The Hall–Kier alpha value is -3.09. The van der Waals surface area contributed by atoms with Gasteiger partial charge >= 0.3 is 6.03 Å². The molecular formula is C31H27Cl3N4O. The van der Waals surface area contributed by atoms with Crippen LogP contribution in [0.4, 0.5) is 16.2 Å². The van der Waals surface area contributed by atoms with Crippen LogP contribution in [0.15, 0.2) is 79.0 Å². The summed E-state index contributed by atoms with van der Waals surface area (Å²) in [5.74, 6) is 0.662. The molecule has 5 nitrogen and oxygen atoms in total. The van der Waals surface area contributed by atoms with Crippen molar-refractivity contribution in [2.75, 3.05) is 18.0 Å². The number of hydrogen-bond acceptors (Lipinski definition) is 3. The molecule has 8 heteroatoms. The first-order chi connectivity index (χ1) is 18.9. The molecule has 2 amide bonds. The first-order valence-corrected chi connectivity index (χ1v) is 14.1. The third-order valence-electron chi connectivity index (χ3n) is 7.66. The van der Waals surface area contributed by atoms with Crippen LogP contribution >= 0.6 is 34.8 Å². The predicted octanol–water partition coefficient (Wildman–Crippen LogP) is 8.31. The quantitative estimate of drug-likeness (QED) is 0.259. The summed E-state index contributed by atoms with van der Waals surface area (Å²) >= 11 is 20.0. The number of fused-ring (bicyclic) bond motifs is 1. The summed E-state index contributed by atoms with van der Waals surface area (Å²) in [6.07, 6.45) is 1.84. The number of carbonyl (C=O) groups excluding carboxylic acids is 1. The highest BCUT2D eigenvalue weighted by Gasteiger charge is 2.35. The summed E-state index contributed by atoms with van der Waals surface area (Å²) in [5, 5.41) is 4.49. The second kappa shape index (κ2) is 10.8. The third kappa shape index (κ3) is 5.01. The van der Waals surface area contributed by atoms with Gasteiger partial charge in [0.1, 0.15) is 0 Å². The van der Waals surface area contributed by atoms with Crippen LogP contribution in [0, 0.1) is 5.92 Å². The van der Waals surface area contributed by atoms with Crippen molar-refractivity contribution in [1.29, 1.82) is 0 Å². The van der Waals surface area contributed by atoms with Gasteiger partial charge in [0.05, 0.1) is 27.1 Å². The number of nitrogens with zero attached hydrogens (tertiary/aromatic N) is 3. The van der Waals surface area contributed by atoms with Crippen molar-refractivity contribution in [3.63, 3.8) is 0 Å². The van der Waals surface area contributed by atoms with Gasteiger partial charge < -0.3 is 5.32 Å². The van der Waals surface area contributed by atoms with Gasteiger partial charge in [-0.2, -0.15) is 0 Å². The number of para-hydroxylation sites is 1. The Kier molecular flexibility index (Phi) is 7.25. The zero-order chi connectivity index (χ0) is 27.1. The van der Waals surface area contributed by atoms with Gasteiger partial charge in [-0.15, -0.1) is 0 Å². The Morgan fingerprint density at radius 1 is 0.897 bits per heavy atom. The van der Waals surface area contributed by atoms with Crippen molar-refractivity contribution in [3.8, 4) is 11.1 Å². The topological polar surface area (TPSA) is 48.5 Å². The molecule has 1 aromatic heterocycles. The van der Waals surface area contributed by atoms with Crippen LogP contribution in [-0.2, 0) is 13.1 Å². The number of halogens is 3. The average molecular weight is 578 g/mol. The second-order valence-corrected chi connectivity index (χ2v) is 11.4. The Bertz CT molecular complexity index is 1520. The lowest BCUT2D eigenvalue weighted by Crippen LogP contribution is -2.41. The van der Waals surface area contributed by atoms with Crippen LogP contribution in [0.5, 0.6) is 0 Å². The van der Waals surface area contributed by atoms with Gasteiger partial charge in [0, 0.05) is 54.4 Å². The van der Waals surface area contributed by atoms with Crippen molar-refractivity contribution >= 4 is 52.2 Å². The lowest BCUT2D eigenvalue weighted by Gasteiger charge is -2.34. The maximum Gasteiger partial charge on any atom is 0.326 e. The highest BCUT2D eigenvalue weighted by Crippen LogP contribution is 2.46. The van der Waals surface area contributed by atoms with Crippen molar-refractivity contribution in [2.45, 2.75) is 25.9 Å². The van der Waals surface area contributed by atoms with Crippen LogP contribution in [-0.4, -0.2) is 29.0 Å². The van der Waals surface area contributed by atoms with E-state index >= 15 is 0 Å². The maximum absolute atomic E-state index is 13.4. The normalized spacial score (nSPS) is 19.2. The lowest BCUT2D eigenvalue weighted by atomic mass is 9.85. The number of aromatic nitrogens is 1. The van der Waals surface area contributed by atoms with Gasteiger partial charge in [0.25, 0.3) is 0 Å². The van der Waals surface area contributed by atoms with Gasteiger partial charge in [-0.25, -0.2) is 4.79 Å². The van der Waals surface area contributed by atoms with E-state index in [1.165, 1.54) is 0 Å². The highest BCUT2D eigenvalue weighted by atomic mass is 35.5. The van der Waals surface area contributed by atoms with Crippen molar-refractivity contribution in [3.05, 3.63) is 111 Å². The summed E-state index contributed by atoms with van der Waals surface area (Å²) in [6, 6.07) is 23.2. The van der Waals surface area contributed by atoms with E-state index in [0.717, 1.165) is 53.3 Å². The fraction of sp³-hybridized carbons (Fsp3) is 0.226. The van der Waals surface area contributed by atoms with Crippen molar-refractivity contribution < 1.29 is 4.79 Å². The molecule has 1 saturated heterocycles. The average Bonchev–Trinajstić information content (AvgIpc) is 3.29. The molecule has 198 valence electrons. The molecule has 1 N–H and O–H groups in total. The molecule has 2 aliphatic rings. The molecular weight excluding hydrogens is 551 g/mol. The molecule has 1 fully saturated rings. The minimum Gasteiger partial charge on any atom is -0.333 e. The van der Waals surface area contributed by atoms with E-state index in [9.17, 15) is 4.79 Å². The molecule has 39 heavy (non-hydrogen) atoms. The third-order valence-corrected chi connectivity index (χ3v) is 8.60. The smallest absolute Gasteiger partial charge is 0.326 e. The van der Waals surface area contributed by atoms with Gasteiger partial charge in [-0.05, 0) is 53.4 Å². The Labute approximate surface area is 243 Å².